The predicted octanol–water partition coefficient (Wildman–Crippen LogP) is 2.56. The third-order valence-electron chi connectivity index (χ3n) is 3.20. The maximum Gasteiger partial charge on any atom is 0.165 e. The molecule has 0 bridgehead atoms. The Morgan fingerprint density at radius 1 is 1.20 bits per heavy atom. The molecule has 1 unspecified atom stereocenters. The number of tetrazole rings is 1. The summed E-state index contributed by atoms with van der Waals surface area (Å²) in [6, 6.07) is 10.6. The first-order valence-electron chi connectivity index (χ1n) is 7.08. The highest BCUT2D eigenvalue weighted by Crippen LogP contribution is 2.21. The zero-order valence-electron chi connectivity index (χ0n) is 12.7. The normalized spacial score (nSPS) is 13.4. The van der Waals surface area contributed by atoms with E-state index in [4.69, 9.17) is 0 Å². The zero-order chi connectivity index (χ0) is 14.6. The quantitative estimate of drug-likeness (QED) is 0.909. The molecule has 1 N–H and O–H groups in total. The van der Waals surface area contributed by atoms with Crippen LogP contribution in [0.4, 0.5) is 0 Å². The fourth-order valence-electron chi connectivity index (χ4n) is 2.14. The monoisotopic (exact) mass is 273 g/mol. The van der Waals surface area contributed by atoms with Crippen LogP contribution in [0.25, 0.3) is 0 Å². The summed E-state index contributed by atoms with van der Waals surface area (Å²) < 4.78 is 1.92. The molecule has 20 heavy (non-hydrogen) atoms. The van der Waals surface area contributed by atoms with Crippen LogP contribution in [0.15, 0.2) is 30.3 Å². The smallest absolute Gasteiger partial charge is 0.165 e. The molecule has 2 rings (SSSR count). The van der Waals surface area contributed by atoms with Crippen molar-refractivity contribution in [2.24, 2.45) is 0 Å². The van der Waals surface area contributed by atoms with E-state index >= 15 is 0 Å². The second kappa shape index (κ2) is 6.13. The summed E-state index contributed by atoms with van der Waals surface area (Å²) >= 11 is 0. The largest absolute Gasteiger partial charge is 0.305 e. The van der Waals surface area contributed by atoms with Crippen molar-refractivity contribution in [3.63, 3.8) is 0 Å². The minimum atomic E-state index is 0.0469. The molecule has 0 saturated carbocycles. The summed E-state index contributed by atoms with van der Waals surface area (Å²) in [5, 5.41) is 15.6. The number of nitrogens with zero attached hydrogens (tertiary/aromatic N) is 4. The third kappa shape index (κ3) is 3.63. The Balaban J connectivity index is 2.21. The van der Waals surface area contributed by atoms with Crippen molar-refractivity contribution in [3.05, 3.63) is 41.7 Å². The topological polar surface area (TPSA) is 55.6 Å². The summed E-state index contributed by atoms with van der Waals surface area (Å²) in [7, 11) is 0. The number of rotatable bonds is 5. The number of aromatic nitrogens is 4. The molecular formula is C15H23N5. The lowest BCUT2D eigenvalue weighted by Gasteiger charge is -2.22. The molecule has 0 fully saturated rings. The molecule has 0 aliphatic heterocycles. The van der Waals surface area contributed by atoms with Gasteiger partial charge in [-0.25, -0.2) is 4.68 Å². The van der Waals surface area contributed by atoms with Crippen LogP contribution in [0.5, 0.6) is 0 Å². The first-order chi connectivity index (χ1) is 9.51. The Kier molecular flexibility index (Phi) is 4.49. The van der Waals surface area contributed by atoms with Crippen LogP contribution in [-0.2, 0) is 6.54 Å². The van der Waals surface area contributed by atoms with Crippen molar-refractivity contribution < 1.29 is 0 Å². The molecule has 5 nitrogen and oxygen atoms in total. The number of hydrogen-bond donors (Lipinski definition) is 1. The predicted molar refractivity (Wildman–Crippen MR) is 79.3 cm³/mol. The molecule has 2 aromatic rings. The van der Waals surface area contributed by atoms with Gasteiger partial charge in [0.25, 0.3) is 0 Å². The maximum absolute atomic E-state index is 4.18. The van der Waals surface area contributed by atoms with Gasteiger partial charge in [0, 0.05) is 5.54 Å². The van der Waals surface area contributed by atoms with E-state index in [2.05, 4.69) is 72.8 Å². The van der Waals surface area contributed by atoms with Crippen LogP contribution >= 0.6 is 0 Å². The van der Waals surface area contributed by atoms with Crippen molar-refractivity contribution in [3.8, 4) is 0 Å². The van der Waals surface area contributed by atoms with Gasteiger partial charge >= 0.3 is 0 Å². The Hall–Kier alpha value is -1.75. The van der Waals surface area contributed by atoms with Crippen LogP contribution in [0.2, 0.25) is 0 Å². The number of hydrogen-bond acceptors (Lipinski definition) is 4. The summed E-state index contributed by atoms with van der Waals surface area (Å²) in [5.74, 6) is 0.871. The Morgan fingerprint density at radius 2 is 1.90 bits per heavy atom. The third-order valence-corrected chi connectivity index (χ3v) is 3.20. The molecule has 1 aromatic heterocycles. The van der Waals surface area contributed by atoms with Gasteiger partial charge < -0.3 is 5.32 Å². The van der Waals surface area contributed by atoms with Gasteiger partial charge in [-0.3, -0.25) is 0 Å². The lowest BCUT2D eigenvalue weighted by molar-refractivity contribution is 0.397. The molecule has 1 atom stereocenters. The van der Waals surface area contributed by atoms with E-state index in [1.54, 1.807) is 0 Å². The summed E-state index contributed by atoms with van der Waals surface area (Å²) in [6.07, 6.45) is 0.956. The molecule has 5 heteroatoms. The van der Waals surface area contributed by atoms with Crippen LogP contribution in [0.1, 0.15) is 51.5 Å². The first-order valence-corrected chi connectivity index (χ1v) is 7.08. The summed E-state index contributed by atoms with van der Waals surface area (Å²) in [5.41, 5.74) is 1.28. The van der Waals surface area contributed by atoms with Crippen LogP contribution in [0, 0.1) is 0 Å². The summed E-state index contributed by atoms with van der Waals surface area (Å²) in [6.45, 7) is 9.22. The van der Waals surface area contributed by atoms with E-state index in [1.165, 1.54) is 5.56 Å². The van der Waals surface area contributed by atoms with Crippen molar-refractivity contribution in [2.45, 2.75) is 52.2 Å². The van der Waals surface area contributed by atoms with Crippen LogP contribution in [-0.4, -0.2) is 25.7 Å². The summed E-state index contributed by atoms with van der Waals surface area (Å²) in [4.78, 5) is 0. The van der Waals surface area contributed by atoms with Gasteiger partial charge in [0.2, 0.25) is 0 Å². The highest BCUT2D eigenvalue weighted by molar-refractivity contribution is 5.19. The minimum absolute atomic E-state index is 0.0469. The number of nitrogens with one attached hydrogen (secondary N) is 1. The van der Waals surface area contributed by atoms with E-state index in [-0.39, 0.29) is 11.6 Å². The second-order valence-electron chi connectivity index (χ2n) is 5.98. The molecule has 0 spiro atoms. The molecule has 0 radical (unpaired) electrons. The molecule has 1 aromatic carbocycles. The molecular weight excluding hydrogens is 250 g/mol. The van der Waals surface area contributed by atoms with E-state index in [0.29, 0.717) is 6.54 Å². The Labute approximate surface area is 120 Å². The highest BCUT2D eigenvalue weighted by atomic mass is 15.6. The van der Waals surface area contributed by atoms with Crippen LogP contribution in [0.3, 0.4) is 0 Å². The molecule has 0 aliphatic rings. The van der Waals surface area contributed by atoms with Crippen LogP contribution < -0.4 is 5.32 Å². The second-order valence-corrected chi connectivity index (χ2v) is 5.98. The SMILES string of the molecule is CCC(c1ccccc1)n1nnnc1CNC(C)(C)C. The van der Waals surface area contributed by atoms with Gasteiger partial charge in [-0.2, -0.15) is 0 Å². The average molecular weight is 273 g/mol. The molecule has 1 heterocycles. The van der Waals surface area contributed by atoms with E-state index in [9.17, 15) is 0 Å². The molecule has 0 amide bonds. The van der Waals surface area contributed by atoms with Gasteiger partial charge in [-0.1, -0.05) is 37.3 Å². The maximum atomic E-state index is 4.18. The van der Waals surface area contributed by atoms with E-state index in [1.807, 2.05) is 10.7 Å². The lowest BCUT2D eigenvalue weighted by Crippen LogP contribution is -2.36. The van der Waals surface area contributed by atoms with Crippen molar-refractivity contribution in [1.82, 2.24) is 25.5 Å². The minimum Gasteiger partial charge on any atom is -0.305 e. The Morgan fingerprint density at radius 3 is 2.50 bits per heavy atom. The standard InChI is InChI=1S/C15H23N5/c1-5-13(12-9-7-6-8-10-12)20-14(17-18-19-20)11-16-15(2,3)4/h6-10,13,16H,5,11H2,1-4H3. The molecule has 108 valence electrons. The van der Waals surface area contributed by atoms with Gasteiger partial charge in [-0.05, 0) is 43.2 Å². The lowest BCUT2D eigenvalue weighted by atomic mass is 10.0. The number of benzene rings is 1. The van der Waals surface area contributed by atoms with Gasteiger partial charge in [0.05, 0.1) is 12.6 Å². The van der Waals surface area contributed by atoms with Crippen molar-refractivity contribution in [1.29, 1.82) is 0 Å². The fourth-order valence-corrected chi connectivity index (χ4v) is 2.14. The van der Waals surface area contributed by atoms with Crippen molar-refractivity contribution in [2.75, 3.05) is 0 Å². The van der Waals surface area contributed by atoms with Gasteiger partial charge in [0.1, 0.15) is 0 Å². The van der Waals surface area contributed by atoms with Gasteiger partial charge in [-0.15, -0.1) is 5.10 Å². The van der Waals surface area contributed by atoms with E-state index < -0.39 is 0 Å². The molecule has 0 aliphatic carbocycles. The first kappa shape index (κ1) is 14.7. The van der Waals surface area contributed by atoms with E-state index in [0.717, 1.165) is 12.2 Å². The molecule has 0 saturated heterocycles. The highest BCUT2D eigenvalue weighted by Gasteiger charge is 2.18. The van der Waals surface area contributed by atoms with Gasteiger partial charge in [0.15, 0.2) is 5.82 Å². The Bertz CT molecular complexity index is 527. The fraction of sp³-hybridized carbons (Fsp3) is 0.533. The van der Waals surface area contributed by atoms with Crippen molar-refractivity contribution >= 4 is 0 Å². The average Bonchev–Trinajstić information content (AvgIpc) is 2.86. The zero-order valence-corrected chi connectivity index (χ0v) is 12.7.